The monoisotopic (exact) mass is 351 g/mol. The highest BCUT2D eigenvalue weighted by Crippen LogP contribution is 2.38. The van der Waals surface area contributed by atoms with E-state index in [0.717, 1.165) is 5.69 Å². The van der Waals surface area contributed by atoms with E-state index in [2.05, 4.69) is 63.2 Å². The molecule has 0 fully saturated rings. The van der Waals surface area contributed by atoms with Crippen molar-refractivity contribution in [2.24, 2.45) is 0 Å². The van der Waals surface area contributed by atoms with Crippen molar-refractivity contribution in [2.75, 3.05) is 0 Å². The van der Waals surface area contributed by atoms with Crippen LogP contribution in [0.4, 0.5) is 0 Å². The van der Waals surface area contributed by atoms with E-state index in [1.807, 2.05) is 6.20 Å². The maximum Gasteiger partial charge on any atom is 0.0786 e. The van der Waals surface area contributed by atoms with Crippen molar-refractivity contribution < 1.29 is 0 Å². The van der Waals surface area contributed by atoms with Crippen LogP contribution in [0.25, 0.3) is 32.8 Å². The number of aromatic nitrogens is 1. The molecule has 0 atom stereocenters. The minimum absolute atomic E-state index is 1.11. The molecule has 0 aliphatic heterocycles. The van der Waals surface area contributed by atoms with Crippen molar-refractivity contribution in [2.45, 2.75) is 46.5 Å². The average Bonchev–Trinajstić information content (AvgIpc) is 2.67. The van der Waals surface area contributed by atoms with E-state index in [9.17, 15) is 0 Å². The van der Waals surface area contributed by atoms with Crippen LogP contribution in [0.5, 0.6) is 0 Å². The van der Waals surface area contributed by atoms with Gasteiger partial charge >= 0.3 is 0 Å². The normalized spacial score (nSPS) is 13.9. The molecule has 1 aliphatic rings. The molecule has 0 saturated carbocycles. The third kappa shape index (κ3) is 2.65. The topological polar surface area (TPSA) is 12.9 Å². The van der Waals surface area contributed by atoms with Crippen LogP contribution in [0.15, 0.2) is 48.7 Å². The van der Waals surface area contributed by atoms with Crippen molar-refractivity contribution in [1.82, 2.24) is 4.98 Å². The SMILES string of the molecule is Cc1cc(C)cc(-c2nccc3c(C)cc4c5c(ccc4c23)CCCC5)c1. The second kappa shape index (κ2) is 6.20. The number of hydrogen-bond donors (Lipinski definition) is 0. The van der Waals surface area contributed by atoms with Crippen molar-refractivity contribution >= 4 is 21.5 Å². The summed E-state index contributed by atoms with van der Waals surface area (Å²) in [4.78, 5) is 4.86. The number of hydrogen-bond acceptors (Lipinski definition) is 1. The van der Waals surface area contributed by atoms with Gasteiger partial charge in [-0.3, -0.25) is 4.98 Å². The van der Waals surface area contributed by atoms with Gasteiger partial charge < -0.3 is 0 Å². The number of fused-ring (bicyclic) bond motifs is 5. The fourth-order valence-corrected chi connectivity index (χ4v) is 4.93. The molecule has 0 saturated heterocycles. The van der Waals surface area contributed by atoms with Crippen molar-refractivity contribution in [3.8, 4) is 11.3 Å². The third-order valence-electron chi connectivity index (χ3n) is 6.08. The maximum absolute atomic E-state index is 4.86. The second-order valence-electron chi connectivity index (χ2n) is 8.16. The summed E-state index contributed by atoms with van der Waals surface area (Å²) in [6.45, 7) is 6.58. The Kier molecular flexibility index (Phi) is 3.79. The minimum atomic E-state index is 1.11. The zero-order valence-electron chi connectivity index (χ0n) is 16.4. The van der Waals surface area contributed by atoms with Gasteiger partial charge in [0.15, 0.2) is 0 Å². The van der Waals surface area contributed by atoms with Gasteiger partial charge in [0.05, 0.1) is 5.69 Å². The molecule has 0 amide bonds. The molecular formula is C26H25N. The highest BCUT2D eigenvalue weighted by molar-refractivity contribution is 6.15. The number of nitrogens with zero attached hydrogens (tertiary/aromatic N) is 1. The van der Waals surface area contributed by atoms with Crippen LogP contribution >= 0.6 is 0 Å². The lowest BCUT2D eigenvalue weighted by Crippen LogP contribution is -2.03. The molecule has 0 bridgehead atoms. The molecule has 0 unspecified atom stereocenters. The van der Waals surface area contributed by atoms with Gasteiger partial charge in [-0.2, -0.15) is 0 Å². The van der Waals surface area contributed by atoms with Gasteiger partial charge in [-0.15, -0.1) is 0 Å². The summed E-state index contributed by atoms with van der Waals surface area (Å²) < 4.78 is 0. The second-order valence-corrected chi connectivity index (χ2v) is 8.16. The predicted molar refractivity (Wildman–Crippen MR) is 116 cm³/mol. The fourth-order valence-electron chi connectivity index (χ4n) is 4.93. The van der Waals surface area contributed by atoms with E-state index in [1.54, 1.807) is 11.1 Å². The van der Waals surface area contributed by atoms with Crippen LogP contribution in [-0.4, -0.2) is 4.98 Å². The van der Waals surface area contributed by atoms with Crippen molar-refractivity contribution in [1.29, 1.82) is 0 Å². The number of benzene rings is 3. The highest BCUT2D eigenvalue weighted by atomic mass is 14.7. The Hall–Kier alpha value is -2.67. The first kappa shape index (κ1) is 16.5. The molecule has 1 heterocycles. The highest BCUT2D eigenvalue weighted by Gasteiger charge is 2.17. The summed E-state index contributed by atoms with van der Waals surface area (Å²) in [5.41, 5.74) is 9.38. The Morgan fingerprint density at radius 1 is 0.741 bits per heavy atom. The van der Waals surface area contributed by atoms with Gasteiger partial charge in [0.2, 0.25) is 0 Å². The molecular weight excluding hydrogens is 326 g/mol. The summed E-state index contributed by atoms with van der Waals surface area (Å²) in [6, 6.07) is 16.1. The Balaban J connectivity index is 1.92. The van der Waals surface area contributed by atoms with Crippen LogP contribution in [0.1, 0.15) is 40.7 Å². The molecule has 3 aromatic carbocycles. The molecule has 5 rings (SSSR count). The molecule has 27 heavy (non-hydrogen) atoms. The number of rotatable bonds is 1. The maximum atomic E-state index is 4.86. The Morgan fingerprint density at radius 3 is 2.33 bits per heavy atom. The predicted octanol–water partition coefficient (Wildman–Crippen LogP) is 6.86. The van der Waals surface area contributed by atoms with E-state index >= 15 is 0 Å². The zero-order valence-corrected chi connectivity index (χ0v) is 16.4. The van der Waals surface area contributed by atoms with Crippen LogP contribution in [0.3, 0.4) is 0 Å². The van der Waals surface area contributed by atoms with Crippen molar-refractivity contribution in [3.05, 3.63) is 76.5 Å². The fraction of sp³-hybridized carbons (Fsp3) is 0.269. The van der Waals surface area contributed by atoms with Gasteiger partial charge in [0, 0.05) is 17.1 Å². The zero-order chi connectivity index (χ0) is 18.5. The molecule has 1 nitrogen and oxygen atoms in total. The Bertz CT molecular complexity index is 1180. The number of pyridine rings is 1. The van der Waals surface area contributed by atoms with Crippen LogP contribution in [0.2, 0.25) is 0 Å². The minimum Gasteiger partial charge on any atom is -0.256 e. The smallest absolute Gasteiger partial charge is 0.0786 e. The lowest BCUT2D eigenvalue weighted by atomic mass is 9.85. The van der Waals surface area contributed by atoms with Crippen LogP contribution in [0, 0.1) is 20.8 Å². The Labute approximate surface area is 161 Å². The number of aryl methyl sites for hydroxylation is 5. The average molecular weight is 351 g/mol. The molecule has 0 spiro atoms. The summed E-state index contributed by atoms with van der Waals surface area (Å²) in [5.74, 6) is 0. The summed E-state index contributed by atoms with van der Waals surface area (Å²) in [6.07, 6.45) is 7.02. The van der Waals surface area contributed by atoms with E-state index in [1.165, 1.54) is 69.5 Å². The third-order valence-corrected chi connectivity index (χ3v) is 6.08. The summed E-state index contributed by atoms with van der Waals surface area (Å²) in [5, 5.41) is 5.43. The molecule has 134 valence electrons. The van der Waals surface area contributed by atoms with E-state index in [4.69, 9.17) is 4.98 Å². The quantitative estimate of drug-likeness (QED) is 0.341. The van der Waals surface area contributed by atoms with E-state index < -0.39 is 0 Å². The van der Waals surface area contributed by atoms with Gasteiger partial charge in [-0.1, -0.05) is 35.4 Å². The largest absolute Gasteiger partial charge is 0.256 e. The van der Waals surface area contributed by atoms with Gasteiger partial charge in [0.25, 0.3) is 0 Å². The standard InChI is InChI=1S/C26H25N/c1-16-12-17(2)14-20(13-16)26-25-21(10-11-27-26)18(3)15-24-22-7-5-4-6-19(22)8-9-23(24)25/h8-15H,4-7H2,1-3H3. The molecule has 1 aliphatic carbocycles. The first-order chi connectivity index (χ1) is 13.1. The lowest BCUT2D eigenvalue weighted by molar-refractivity contribution is 0.690. The van der Waals surface area contributed by atoms with Crippen LogP contribution in [-0.2, 0) is 12.8 Å². The summed E-state index contributed by atoms with van der Waals surface area (Å²) in [7, 11) is 0. The van der Waals surface area contributed by atoms with E-state index in [0.29, 0.717) is 0 Å². The molecule has 0 N–H and O–H groups in total. The molecule has 1 aromatic heterocycles. The lowest BCUT2D eigenvalue weighted by Gasteiger charge is -2.20. The van der Waals surface area contributed by atoms with Crippen molar-refractivity contribution in [3.63, 3.8) is 0 Å². The van der Waals surface area contributed by atoms with E-state index in [-0.39, 0.29) is 0 Å². The first-order valence-electron chi connectivity index (χ1n) is 10.0. The first-order valence-corrected chi connectivity index (χ1v) is 10.0. The van der Waals surface area contributed by atoms with Gasteiger partial charge in [-0.05, 0) is 97.5 Å². The Morgan fingerprint density at radius 2 is 1.52 bits per heavy atom. The molecule has 4 aromatic rings. The molecule has 0 radical (unpaired) electrons. The molecule has 1 heteroatoms. The van der Waals surface area contributed by atoms with Crippen LogP contribution < -0.4 is 0 Å². The van der Waals surface area contributed by atoms with Gasteiger partial charge in [0.1, 0.15) is 0 Å². The summed E-state index contributed by atoms with van der Waals surface area (Å²) >= 11 is 0. The van der Waals surface area contributed by atoms with Gasteiger partial charge in [-0.25, -0.2) is 0 Å².